The second kappa shape index (κ2) is 5.75. The van der Waals surface area contributed by atoms with Crippen molar-refractivity contribution in [2.45, 2.75) is 6.92 Å². The fraction of sp³-hybridized carbons (Fsp3) is 0.154. The molecule has 0 aliphatic rings. The first-order valence-electron chi connectivity index (χ1n) is 5.64. The number of carbonyl (C=O) groups is 2. The average molecular weight is 295 g/mol. The van der Waals surface area contributed by atoms with Crippen molar-refractivity contribution in [2.24, 2.45) is 0 Å². The second-order valence-corrected chi connectivity index (χ2v) is 4.38. The summed E-state index contributed by atoms with van der Waals surface area (Å²) in [4.78, 5) is 23.3. The van der Waals surface area contributed by atoms with E-state index in [2.05, 4.69) is 15.2 Å². The Hall–Kier alpha value is -2.34. The van der Waals surface area contributed by atoms with E-state index in [9.17, 15) is 9.59 Å². The van der Waals surface area contributed by atoms with Gasteiger partial charge in [-0.1, -0.05) is 16.8 Å². The molecule has 0 aliphatic heterocycles. The first kappa shape index (κ1) is 14.1. The summed E-state index contributed by atoms with van der Waals surface area (Å²) in [7, 11) is 1.27. The standard InChI is InChI=1S/C13H11ClN2O4/c1-7-5-11(20-16-7)12(17)15-10-6-8(13(18)19-2)3-4-9(10)14/h3-6H,1-2H3,(H,15,17). The van der Waals surface area contributed by atoms with E-state index in [1.165, 1.54) is 31.4 Å². The van der Waals surface area contributed by atoms with Crippen LogP contribution >= 0.6 is 11.6 Å². The molecule has 0 saturated carbocycles. The molecule has 0 bridgehead atoms. The number of nitrogens with zero attached hydrogens (tertiary/aromatic N) is 1. The lowest BCUT2D eigenvalue weighted by Gasteiger charge is -2.07. The molecule has 0 unspecified atom stereocenters. The van der Waals surface area contributed by atoms with Crippen molar-refractivity contribution in [1.82, 2.24) is 5.16 Å². The Balaban J connectivity index is 2.24. The van der Waals surface area contributed by atoms with E-state index < -0.39 is 11.9 Å². The largest absolute Gasteiger partial charge is 0.465 e. The number of esters is 1. The molecule has 0 spiro atoms. The highest BCUT2D eigenvalue weighted by Gasteiger charge is 2.15. The lowest BCUT2D eigenvalue weighted by molar-refractivity contribution is 0.0600. The van der Waals surface area contributed by atoms with E-state index in [4.69, 9.17) is 16.1 Å². The monoisotopic (exact) mass is 294 g/mol. The molecule has 7 heteroatoms. The van der Waals surface area contributed by atoms with Crippen molar-refractivity contribution >= 4 is 29.2 Å². The highest BCUT2D eigenvalue weighted by molar-refractivity contribution is 6.34. The number of methoxy groups -OCH3 is 1. The zero-order valence-corrected chi connectivity index (χ0v) is 11.5. The van der Waals surface area contributed by atoms with Crippen molar-refractivity contribution in [3.8, 4) is 0 Å². The first-order chi connectivity index (χ1) is 9.51. The highest BCUT2D eigenvalue weighted by Crippen LogP contribution is 2.24. The lowest BCUT2D eigenvalue weighted by Crippen LogP contribution is -2.12. The number of carbonyl (C=O) groups excluding carboxylic acids is 2. The van der Waals surface area contributed by atoms with Crippen LogP contribution < -0.4 is 5.32 Å². The number of nitrogens with one attached hydrogen (secondary N) is 1. The third-order valence-corrected chi connectivity index (χ3v) is 2.82. The van der Waals surface area contributed by atoms with Crippen LogP contribution in [0.4, 0.5) is 5.69 Å². The number of amides is 1. The zero-order chi connectivity index (χ0) is 14.7. The molecule has 2 rings (SSSR count). The van der Waals surface area contributed by atoms with E-state index in [1.54, 1.807) is 6.92 Å². The van der Waals surface area contributed by atoms with E-state index >= 15 is 0 Å². The Morgan fingerprint density at radius 2 is 2.10 bits per heavy atom. The summed E-state index contributed by atoms with van der Waals surface area (Å²) >= 11 is 5.97. The first-order valence-corrected chi connectivity index (χ1v) is 6.01. The fourth-order valence-corrected chi connectivity index (χ4v) is 1.69. The number of hydrogen-bond acceptors (Lipinski definition) is 5. The summed E-state index contributed by atoms with van der Waals surface area (Å²) < 4.78 is 9.44. The second-order valence-electron chi connectivity index (χ2n) is 3.97. The maximum atomic E-state index is 11.9. The van der Waals surface area contributed by atoms with Crippen molar-refractivity contribution < 1.29 is 18.8 Å². The van der Waals surface area contributed by atoms with Crippen LogP contribution in [0.1, 0.15) is 26.6 Å². The topological polar surface area (TPSA) is 81.4 Å². The third-order valence-electron chi connectivity index (χ3n) is 2.49. The van der Waals surface area contributed by atoms with Crippen molar-refractivity contribution in [2.75, 3.05) is 12.4 Å². The van der Waals surface area contributed by atoms with Crippen LogP contribution in [0.5, 0.6) is 0 Å². The van der Waals surface area contributed by atoms with Crippen molar-refractivity contribution in [3.63, 3.8) is 0 Å². The van der Waals surface area contributed by atoms with E-state index in [1.807, 2.05) is 0 Å². The molecule has 0 radical (unpaired) electrons. The molecule has 1 amide bonds. The third kappa shape index (κ3) is 2.97. The summed E-state index contributed by atoms with van der Waals surface area (Å²) in [5.41, 5.74) is 1.15. The van der Waals surface area contributed by atoms with Gasteiger partial charge in [0.15, 0.2) is 0 Å². The van der Waals surface area contributed by atoms with Gasteiger partial charge in [-0.15, -0.1) is 0 Å². The molecule has 1 heterocycles. The van der Waals surface area contributed by atoms with Crippen LogP contribution in [-0.2, 0) is 4.74 Å². The van der Waals surface area contributed by atoms with Crippen LogP contribution in [0.25, 0.3) is 0 Å². The predicted molar refractivity (Wildman–Crippen MR) is 72.0 cm³/mol. The van der Waals surface area contributed by atoms with Crippen LogP contribution in [0.15, 0.2) is 28.8 Å². The van der Waals surface area contributed by atoms with Crippen molar-refractivity contribution in [3.05, 3.63) is 46.3 Å². The summed E-state index contributed by atoms with van der Waals surface area (Å²) in [6, 6.07) is 5.92. The Morgan fingerprint density at radius 1 is 1.35 bits per heavy atom. The minimum atomic E-state index is -0.521. The molecule has 1 aromatic heterocycles. The molecule has 6 nitrogen and oxygen atoms in total. The smallest absolute Gasteiger partial charge is 0.337 e. The molecule has 2 aromatic rings. The number of ether oxygens (including phenoxy) is 1. The quantitative estimate of drug-likeness (QED) is 0.880. The number of halogens is 1. The number of aromatic nitrogens is 1. The van der Waals surface area contributed by atoms with Gasteiger partial charge in [0, 0.05) is 6.07 Å². The van der Waals surface area contributed by atoms with Gasteiger partial charge in [-0.05, 0) is 25.1 Å². The van der Waals surface area contributed by atoms with E-state index in [0.717, 1.165) is 0 Å². The normalized spacial score (nSPS) is 10.2. The van der Waals surface area contributed by atoms with Gasteiger partial charge in [0.2, 0.25) is 5.76 Å². The van der Waals surface area contributed by atoms with Gasteiger partial charge < -0.3 is 14.6 Å². The maximum Gasteiger partial charge on any atom is 0.337 e. The summed E-state index contributed by atoms with van der Waals surface area (Å²) in [6.45, 7) is 1.70. The van der Waals surface area contributed by atoms with Crippen molar-refractivity contribution in [1.29, 1.82) is 0 Å². The molecule has 104 valence electrons. The Morgan fingerprint density at radius 3 is 2.70 bits per heavy atom. The van der Waals surface area contributed by atoms with E-state index in [0.29, 0.717) is 10.7 Å². The van der Waals surface area contributed by atoms with Crippen LogP contribution in [0.3, 0.4) is 0 Å². The molecular weight excluding hydrogens is 284 g/mol. The van der Waals surface area contributed by atoms with Gasteiger partial charge in [-0.2, -0.15) is 0 Å². The van der Waals surface area contributed by atoms with E-state index in [-0.39, 0.29) is 17.0 Å². The molecule has 0 aliphatic carbocycles. The Bertz CT molecular complexity index is 666. The molecule has 1 N–H and O–H groups in total. The van der Waals surface area contributed by atoms with Gasteiger partial charge >= 0.3 is 5.97 Å². The molecule has 0 atom stereocenters. The maximum absolute atomic E-state index is 11.9. The molecule has 20 heavy (non-hydrogen) atoms. The average Bonchev–Trinajstić information content (AvgIpc) is 2.87. The van der Waals surface area contributed by atoms with Gasteiger partial charge in [-0.3, -0.25) is 4.79 Å². The van der Waals surface area contributed by atoms with Gasteiger partial charge in [-0.25, -0.2) is 4.79 Å². The highest BCUT2D eigenvalue weighted by atomic mass is 35.5. The van der Waals surface area contributed by atoms with Crippen LogP contribution in [-0.4, -0.2) is 24.1 Å². The molecular formula is C13H11ClN2O4. The summed E-state index contributed by atoms with van der Waals surface area (Å²) in [6.07, 6.45) is 0. The Kier molecular flexibility index (Phi) is 4.05. The van der Waals surface area contributed by atoms with Gasteiger partial charge in [0.1, 0.15) is 0 Å². The number of rotatable bonds is 3. The number of aryl methyl sites for hydroxylation is 1. The van der Waals surface area contributed by atoms with Gasteiger partial charge in [0.05, 0.1) is 29.1 Å². The van der Waals surface area contributed by atoms with Crippen LogP contribution in [0, 0.1) is 6.92 Å². The number of anilines is 1. The summed E-state index contributed by atoms with van der Waals surface area (Å²) in [5, 5.41) is 6.46. The molecule has 0 saturated heterocycles. The minimum Gasteiger partial charge on any atom is -0.465 e. The Labute approximate surface area is 119 Å². The molecule has 1 aromatic carbocycles. The number of hydrogen-bond donors (Lipinski definition) is 1. The number of benzene rings is 1. The molecule has 0 fully saturated rings. The van der Waals surface area contributed by atoms with Crippen LogP contribution in [0.2, 0.25) is 5.02 Å². The van der Waals surface area contributed by atoms with Gasteiger partial charge in [0.25, 0.3) is 5.91 Å². The SMILES string of the molecule is COC(=O)c1ccc(Cl)c(NC(=O)c2cc(C)no2)c1. The minimum absolute atomic E-state index is 0.0574. The zero-order valence-electron chi connectivity index (χ0n) is 10.8. The predicted octanol–water partition coefficient (Wildman–Crippen LogP) is 2.68. The summed E-state index contributed by atoms with van der Waals surface area (Å²) in [5.74, 6) is -0.968. The lowest BCUT2D eigenvalue weighted by atomic mass is 10.2. The fourth-order valence-electron chi connectivity index (χ4n) is 1.52.